The SMILES string of the molecule is CC1CSCCN1c1ccc(CBr)cc1. The van der Waals surface area contributed by atoms with Crippen LogP contribution >= 0.6 is 27.7 Å². The van der Waals surface area contributed by atoms with E-state index in [4.69, 9.17) is 0 Å². The Bertz CT molecular complexity index is 312. The highest BCUT2D eigenvalue weighted by molar-refractivity contribution is 9.08. The molecule has 1 fully saturated rings. The zero-order chi connectivity index (χ0) is 10.7. The van der Waals surface area contributed by atoms with Crippen molar-refractivity contribution in [1.29, 1.82) is 0 Å². The standard InChI is InChI=1S/C12H16BrNS/c1-10-9-15-7-6-14(10)12-4-2-11(8-13)3-5-12/h2-5,10H,6-9H2,1H3. The number of benzene rings is 1. The van der Waals surface area contributed by atoms with E-state index < -0.39 is 0 Å². The molecule has 2 rings (SSSR count). The molecule has 0 bridgehead atoms. The summed E-state index contributed by atoms with van der Waals surface area (Å²) >= 11 is 5.53. The van der Waals surface area contributed by atoms with Gasteiger partial charge in [-0.3, -0.25) is 0 Å². The maximum Gasteiger partial charge on any atom is 0.0369 e. The van der Waals surface area contributed by atoms with Gasteiger partial charge in [-0.1, -0.05) is 28.1 Å². The molecule has 1 aromatic rings. The summed E-state index contributed by atoms with van der Waals surface area (Å²) in [5.74, 6) is 2.50. The van der Waals surface area contributed by atoms with Gasteiger partial charge >= 0.3 is 0 Å². The lowest BCUT2D eigenvalue weighted by molar-refractivity contribution is 0.700. The first kappa shape index (κ1) is 11.3. The van der Waals surface area contributed by atoms with Crippen molar-refractivity contribution in [2.75, 3.05) is 23.0 Å². The van der Waals surface area contributed by atoms with Crippen molar-refractivity contribution >= 4 is 33.4 Å². The van der Waals surface area contributed by atoms with Gasteiger partial charge in [-0.15, -0.1) is 0 Å². The number of nitrogens with zero attached hydrogens (tertiary/aromatic N) is 1. The van der Waals surface area contributed by atoms with Crippen LogP contribution < -0.4 is 4.90 Å². The predicted octanol–water partition coefficient (Wildman–Crippen LogP) is 3.52. The summed E-state index contributed by atoms with van der Waals surface area (Å²) in [7, 11) is 0. The molecule has 1 atom stereocenters. The van der Waals surface area contributed by atoms with Gasteiger partial charge in [0.05, 0.1) is 0 Å². The minimum atomic E-state index is 0.665. The molecule has 1 saturated heterocycles. The zero-order valence-electron chi connectivity index (χ0n) is 8.95. The first-order chi connectivity index (χ1) is 7.31. The molecule has 0 aromatic heterocycles. The van der Waals surface area contributed by atoms with Gasteiger partial charge in [-0.2, -0.15) is 11.8 Å². The lowest BCUT2D eigenvalue weighted by Gasteiger charge is -2.35. The van der Waals surface area contributed by atoms with Gasteiger partial charge < -0.3 is 4.90 Å². The molecule has 3 heteroatoms. The largest absolute Gasteiger partial charge is 0.367 e. The summed E-state index contributed by atoms with van der Waals surface area (Å²) in [6, 6.07) is 9.56. The van der Waals surface area contributed by atoms with E-state index in [-0.39, 0.29) is 0 Å². The second-order valence-electron chi connectivity index (χ2n) is 3.92. The van der Waals surface area contributed by atoms with Crippen LogP contribution in [0.15, 0.2) is 24.3 Å². The van der Waals surface area contributed by atoms with Gasteiger partial charge in [0.2, 0.25) is 0 Å². The maximum absolute atomic E-state index is 3.47. The van der Waals surface area contributed by atoms with Gasteiger partial charge in [0, 0.05) is 35.1 Å². The van der Waals surface area contributed by atoms with Crippen molar-refractivity contribution in [1.82, 2.24) is 0 Å². The third-order valence-corrected chi connectivity index (χ3v) is 4.63. The van der Waals surface area contributed by atoms with Crippen LogP contribution in [-0.2, 0) is 5.33 Å². The summed E-state index contributed by atoms with van der Waals surface area (Å²) in [6.07, 6.45) is 0. The molecule has 0 saturated carbocycles. The summed E-state index contributed by atoms with van der Waals surface area (Å²) in [5, 5.41) is 0.943. The Kier molecular flexibility index (Phi) is 3.98. The van der Waals surface area contributed by atoms with E-state index >= 15 is 0 Å². The Morgan fingerprint density at radius 2 is 2.13 bits per heavy atom. The van der Waals surface area contributed by atoms with E-state index in [2.05, 4.69) is 63.8 Å². The highest BCUT2D eigenvalue weighted by atomic mass is 79.9. The smallest absolute Gasteiger partial charge is 0.0369 e. The van der Waals surface area contributed by atoms with Crippen molar-refractivity contribution in [3.63, 3.8) is 0 Å². The molecular formula is C12H16BrNS. The van der Waals surface area contributed by atoms with E-state index in [0.717, 1.165) is 5.33 Å². The minimum absolute atomic E-state index is 0.665. The average molecular weight is 286 g/mol. The number of hydrogen-bond donors (Lipinski definition) is 0. The predicted molar refractivity (Wildman–Crippen MR) is 73.2 cm³/mol. The van der Waals surface area contributed by atoms with Crippen molar-refractivity contribution in [2.24, 2.45) is 0 Å². The summed E-state index contributed by atoms with van der Waals surface area (Å²) < 4.78 is 0. The third kappa shape index (κ3) is 2.70. The Labute approximate surface area is 104 Å². The number of thioether (sulfide) groups is 1. The molecule has 15 heavy (non-hydrogen) atoms. The number of anilines is 1. The maximum atomic E-state index is 3.47. The van der Waals surface area contributed by atoms with Crippen molar-refractivity contribution in [2.45, 2.75) is 18.3 Å². The fourth-order valence-corrected chi connectivity index (χ4v) is 3.27. The molecule has 1 aliphatic heterocycles. The van der Waals surface area contributed by atoms with Crippen LogP contribution in [0.25, 0.3) is 0 Å². The van der Waals surface area contributed by atoms with E-state index in [1.807, 2.05) is 0 Å². The molecule has 0 radical (unpaired) electrons. The molecule has 0 aliphatic carbocycles. The molecule has 0 spiro atoms. The van der Waals surface area contributed by atoms with Crippen LogP contribution in [0.4, 0.5) is 5.69 Å². The molecule has 1 nitrogen and oxygen atoms in total. The molecule has 1 heterocycles. The van der Waals surface area contributed by atoms with Crippen molar-refractivity contribution in [3.8, 4) is 0 Å². The fraction of sp³-hybridized carbons (Fsp3) is 0.500. The Hall–Kier alpha value is -0.150. The highest BCUT2D eigenvalue weighted by Crippen LogP contribution is 2.24. The molecule has 1 unspecified atom stereocenters. The Morgan fingerprint density at radius 1 is 1.40 bits per heavy atom. The minimum Gasteiger partial charge on any atom is -0.367 e. The lowest BCUT2D eigenvalue weighted by Crippen LogP contribution is -2.40. The van der Waals surface area contributed by atoms with Gasteiger partial charge in [-0.05, 0) is 24.6 Å². The highest BCUT2D eigenvalue weighted by Gasteiger charge is 2.18. The quantitative estimate of drug-likeness (QED) is 0.765. The van der Waals surface area contributed by atoms with Crippen LogP contribution in [0.3, 0.4) is 0 Å². The average Bonchev–Trinajstić information content (AvgIpc) is 2.30. The summed E-state index contributed by atoms with van der Waals surface area (Å²) in [6.45, 7) is 3.49. The summed E-state index contributed by atoms with van der Waals surface area (Å²) in [4.78, 5) is 2.51. The number of rotatable bonds is 2. The second kappa shape index (κ2) is 5.26. The van der Waals surface area contributed by atoms with Crippen molar-refractivity contribution in [3.05, 3.63) is 29.8 Å². The topological polar surface area (TPSA) is 3.24 Å². The van der Waals surface area contributed by atoms with E-state index in [1.165, 1.54) is 29.3 Å². The van der Waals surface area contributed by atoms with Crippen LogP contribution in [0.2, 0.25) is 0 Å². The van der Waals surface area contributed by atoms with Crippen LogP contribution in [0, 0.1) is 0 Å². The van der Waals surface area contributed by atoms with Crippen LogP contribution in [0.5, 0.6) is 0 Å². The number of alkyl halides is 1. The van der Waals surface area contributed by atoms with Crippen molar-refractivity contribution < 1.29 is 0 Å². The molecule has 1 aliphatic rings. The lowest BCUT2D eigenvalue weighted by atomic mass is 10.2. The zero-order valence-corrected chi connectivity index (χ0v) is 11.4. The van der Waals surface area contributed by atoms with E-state index in [9.17, 15) is 0 Å². The molecule has 0 amide bonds. The normalized spacial score (nSPS) is 21.7. The second-order valence-corrected chi connectivity index (χ2v) is 5.63. The summed E-state index contributed by atoms with van der Waals surface area (Å²) in [5.41, 5.74) is 2.71. The third-order valence-electron chi connectivity index (χ3n) is 2.79. The number of halogens is 1. The first-order valence-corrected chi connectivity index (χ1v) is 7.58. The van der Waals surface area contributed by atoms with Gasteiger partial charge in [-0.25, -0.2) is 0 Å². The molecule has 82 valence electrons. The Balaban J connectivity index is 2.13. The molecular weight excluding hydrogens is 270 g/mol. The van der Waals surface area contributed by atoms with Crippen LogP contribution in [-0.4, -0.2) is 24.1 Å². The van der Waals surface area contributed by atoms with Gasteiger partial charge in [0.25, 0.3) is 0 Å². The molecule has 1 aromatic carbocycles. The fourth-order valence-electron chi connectivity index (χ4n) is 1.89. The first-order valence-electron chi connectivity index (χ1n) is 5.30. The van der Waals surface area contributed by atoms with E-state index in [0.29, 0.717) is 6.04 Å². The molecule has 0 N–H and O–H groups in total. The monoisotopic (exact) mass is 285 g/mol. The van der Waals surface area contributed by atoms with Gasteiger partial charge in [0.15, 0.2) is 0 Å². The Morgan fingerprint density at radius 3 is 2.73 bits per heavy atom. The van der Waals surface area contributed by atoms with E-state index in [1.54, 1.807) is 0 Å². The number of hydrogen-bond acceptors (Lipinski definition) is 2. The van der Waals surface area contributed by atoms with Gasteiger partial charge in [0.1, 0.15) is 0 Å². The van der Waals surface area contributed by atoms with Crippen LogP contribution in [0.1, 0.15) is 12.5 Å².